The molecular weight excluding hydrogens is 1280 g/mol. The van der Waals surface area contributed by atoms with Crippen LogP contribution in [0.15, 0.2) is 60.8 Å². The summed E-state index contributed by atoms with van der Waals surface area (Å²) in [6.07, 6.45) is 70.6. The number of carbonyl (C=O) groups is 4. The van der Waals surface area contributed by atoms with E-state index in [2.05, 4.69) is 88.5 Å². The van der Waals surface area contributed by atoms with Crippen LogP contribution in [-0.2, 0) is 65.4 Å². The Morgan fingerprint density at radius 3 is 0.816 bits per heavy atom. The molecule has 0 heterocycles. The zero-order valence-corrected chi connectivity index (χ0v) is 64.3. The highest BCUT2D eigenvalue weighted by Crippen LogP contribution is 2.45. The van der Waals surface area contributed by atoms with E-state index in [1.807, 2.05) is 0 Å². The van der Waals surface area contributed by atoms with Crippen LogP contribution in [0, 0.1) is 0 Å². The molecule has 0 aromatic carbocycles. The molecule has 0 radical (unpaired) electrons. The summed E-state index contributed by atoms with van der Waals surface area (Å²) in [7, 11) is -9.94. The molecule has 5 atom stereocenters. The number of hydrogen-bond donors (Lipinski definition) is 3. The van der Waals surface area contributed by atoms with Crippen molar-refractivity contribution in [1.29, 1.82) is 0 Å². The van der Waals surface area contributed by atoms with Gasteiger partial charge in [0, 0.05) is 25.7 Å². The number of aliphatic hydroxyl groups excluding tert-OH is 1. The molecular formula is C79H144O17P2. The van der Waals surface area contributed by atoms with E-state index in [0.29, 0.717) is 25.7 Å². The number of hydrogen-bond acceptors (Lipinski definition) is 15. The fourth-order valence-corrected chi connectivity index (χ4v) is 12.6. The van der Waals surface area contributed by atoms with Crippen molar-refractivity contribution in [2.75, 3.05) is 39.6 Å². The maximum absolute atomic E-state index is 13.1. The maximum Gasteiger partial charge on any atom is 0.472 e. The van der Waals surface area contributed by atoms with Crippen LogP contribution in [-0.4, -0.2) is 96.7 Å². The fraction of sp³-hybridized carbons (Fsp3) is 0.823. The molecule has 98 heavy (non-hydrogen) atoms. The van der Waals surface area contributed by atoms with Crippen LogP contribution in [0.1, 0.15) is 362 Å². The third-order valence-corrected chi connectivity index (χ3v) is 18.9. The highest BCUT2D eigenvalue weighted by molar-refractivity contribution is 7.47. The van der Waals surface area contributed by atoms with Gasteiger partial charge < -0.3 is 33.8 Å². The van der Waals surface area contributed by atoms with Gasteiger partial charge in [-0.05, 0) is 70.6 Å². The summed E-state index contributed by atoms with van der Waals surface area (Å²) in [5, 5.41) is 10.6. The molecule has 0 aliphatic rings. The zero-order valence-electron chi connectivity index (χ0n) is 62.5. The van der Waals surface area contributed by atoms with Gasteiger partial charge in [-0.3, -0.25) is 37.3 Å². The minimum atomic E-state index is -4.97. The second-order valence-corrected chi connectivity index (χ2v) is 29.6. The zero-order chi connectivity index (χ0) is 71.8. The largest absolute Gasteiger partial charge is 0.472 e. The SMILES string of the molecule is CC/C=C\C/C=C\C/C=C\C/C=C\C/C=C\CCCCCC(=O)OCC(COP(=O)(O)OCC(O)COP(=O)(O)OCC(COC(=O)CCCCCCCCCCCCCCC)OC(=O)CCCCCCCCCCCCC)OC(=O)CCCCCCCCCCCCCCCCC. The lowest BCUT2D eigenvalue weighted by molar-refractivity contribution is -0.161. The molecule has 5 unspecified atom stereocenters. The van der Waals surface area contributed by atoms with E-state index in [9.17, 15) is 43.2 Å². The number of esters is 4. The van der Waals surface area contributed by atoms with E-state index in [0.717, 1.165) is 122 Å². The average Bonchev–Trinajstić information content (AvgIpc) is 0.992. The Morgan fingerprint density at radius 1 is 0.296 bits per heavy atom. The highest BCUT2D eigenvalue weighted by atomic mass is 31.2. The van der Waals surface area contributed by atoms with Crippen molar-refractivity contribution in [3.05, 3.63) is 60.8 Å². The molecule has 0 amide bonds. The van der Waals surface area contributed by atoms with Crippen LogP contribution in [0.4, 0.5) is 0 Å². The third-order valence-electron chi connectivity index (χ3n) is 17.0. The van der Waals surface area contributed by atoms with Crippen molar-refractivity contribution in [3.8, 4) is 0 Å². The molecule has 3 N–H and O–H groups in total. The van der Waals surface area contributed by atoms with Crippen LogP contribution >= 0.6 is 15.6 Å². The third kappa shape index (κ3) is 71.2. The van der Waals surface area contributed by atoms with Gasteiger partial charge in [-0.15, -0.1) is 0 Å². The van der Waals surface area contributed by atoms with E-state index < -0.39 is 97.5 Å². The standard InChI is InChI=1S/C79H144O17P2/c1-5-9-13-17-21-25-29-32-34-35-36-37-39-41-45-48-52-56-60-64-77(82)90-70-75(96-79(84)66-62-58-54-50-46-42-38-33-30-26-22-18-14-10-6-2)72-94-98(87,88)92-68-73(80)67-91-97(85,86)93-71-74(95-78(83)65-61-57-53-49-43-28-24-20-16-12-8-4)69-89-76(81)63-59-55-51-47-44-40-31-27-23-19-15-11-7-3/h9,13,21,25,32,34,36-37,41,45,73-75,80H,5-8,10-12,14-20,22-24,26-31,33,35,38-40,42-44,46-72H2,1-4H3,(H,85,86)(H,87,88)/b13-9-,25-21-,34-32-,37-36-,45-41-. The number of ether oxygens (including phenoxy) is 4. The number of phosphoric acid groups is 2. The smallest absolute Gasteiger partial charge is 0.462 e. The predicted molar refractivity (Wildman–Crippen MR) is 400 cm³/mol. The molecule has 0 saturated heterocycles. The summed E-state index contributed by atoms with van der Waals surface area (Å²) in [5.41, 5.74) is 0. The van der Waals surface area contributed by atoms with Crippen molar-refractivity contribution < 1.29 is 80.2 Å². The van der Waals surface area contributed by atoms with Gasteiger partial charge in [0.05, 0.1) is 26.4 Å². The predicted octanol–water partition coefficient (Wildman–Crippen LogP) is 22.7. The first-order valence-electron chi connectivity index (χ1n) is 39.5. The highest BCUT2D eigenvalue weighted by Gasteiger charge is 2.30. The van der Waals surface area contributed by atoms with E-state index in [1.165, 1.54) is 161 Å². The van der Waals surface area contributed by atoms with Crippen molar-refractivity contribution >= 4 is 39.5 Å². The molecule has 0 aromatic heterocycles. The molecule has 0 saturated carbocycles. The van der Waals surface area contributed by atoms with Crippen molar-refractivity contribution in [1.82, 2.24) is 0 Å². The number of phosphoric ester groups is 2. The number of aliphatic hydroxyl groups is 1. The van der Waals surface area contributed by atoms with Crippen molar-refractivity contribution in [3.63, 3.8) is 0 Å². The van der Waals surface area contributed by atoms with Gasteiger partial charge in [0.2, 0.25) is 0 Å². The molecule has 0 rings (SSSR count). The molecule has 572 valence electrons. The first-order chi connectivity index (χ1) is 47.7. The van der Waals surface area contributed by atoms with E-state index in [-0.39, 0.29) is 25.7 Å². The lowest BCUT2D eigenvalue weighted by Crippen LogP contribution is -2.30. The van der Waals surface area contributed by atoms with E-state index in [1.54, 1.807) is 0 Å². The lowest BCUT2D eigenvalue weighted by Gasteiger charge is -2.21. The Morgan fingerprint density at radius 2 is 0.531 bits per heavy atom. The van der Waals surface area contributed by atoms with E-state index in [4.69, 9.17) is 37.0 Å². The summed E-state index contributed by atoms with van der Waals surface area (Å²) < 4.78 is 68.5. The topological polar surface area (TPSA) is 237 Å². The van der Waals surface area contributed by atoms with Crippen LogP contribution in [0.3, 0.4) is 0 Å². The number of carbonyl (C=O) groups excluding carboxylic acids is 4. The molecule has 0 aromatic rings. The Kier molecular flexibility index (Phi) is 69.7. The van der Waals surface area contributed by atoms with Crippen molar-refractivity contribution in [2.24, 2.45) is 0 Å². The van der Waals surface area contributed by atoms with Crippen LogP contribution < -0.4 is 0 Å². The van der Waals surface area contributed by atoms with Gasteiger partial charge in [-0.25, -0.2) is 9.13 Å². The molecule has 0 aliphatic heterocycles. The monoisotopic (exact) mass is 1430 g/mol. The summed E-state index contributed by atoms with van der Waals surface area (Å²) in [6.45, 7) is 4.79. The normalized spacial score (nSPS) is 14.2. The van der Waals surface area contributed by atoms with Gasteiger partial charge in [-0.1, -0.05) is 326 Å². The van der Waals surface area contributed by atoms with Gasteiger partial charge in [0.25, 0.3) is 0 Å². The first kappa shape index (κ1) is 94.8. The summed E-state index contributed by atoms with van der Waals surface area (Å²) in [6, 6.07) is 0. The van der Waals surface area contributed by atoms with Gasteiger partial charge in [0.15, 0.2) is 12.2 Å². The Labute approximate surface area is 597 Å². The number of unbranched alkanes of at least 4 members (excludes halogenated alkanes) is 39. The molecule has 0 bridgehead atoms. The minimum absolute atomic E-state index is 0.0940. The molecule has 17 nitrogen and oxygen atoms in total. The Hall–Kier alpha value is -3.24. The molecule has 0 aliphatic carbocycles. The lowest BCUT2D eigenvalue weighted by atomic mass is 10.0. The fourth-order valence-electron chi connectivity index (χ4n) is 11.0. The van der Waals surface area contributed by atoms with Crippen LogP contribution in [0.2, 0.25) is 0 Å². The second kappa shape index (κ2) is 72.1. The summed E-state index contributed by atoms with van der Waals surface area (Å²) >= 11 is 0. The van der Waals surface area contributed by atoms with Crippen LogP contribution in [0.25, 0.3) is 0 Å². The summed E-state index contributed by atoms with van der Waals surface area (Å²) in [5.74, 6) is -2.17. The maximum atomic E-state index is 13.1. The van der Waals surface area contributed by atoms with Gasteiger partial charge >= 0.3 is 39.5 Å². The number of allylic oxidation sites excluding steroid dienone is 10. The number of rotatable bonds is 75. The molecule has 0 fully saturated rings. The van der Waals surface area contributed by atoms with Crippen LogP contribution in [0.5, 0.6) is 0 Å². The molecule has 19 heteroatoms. The Balaban J connectivity index is 5.31. The Bertz CT molecular complexity index is 2100. The van der Waals surface area contributed by atoms with Crippen molar-refractivity contribution in [2.45, 2.75) is 380 Å². The quantitative estimate of drug-likeness (QED) is 0.0169. The van der Waals surface area contributed by atoms with Gasteiger partial charge in [0.1, 0.15) is 19.3 Å². The average molecular weight is 1430 g/mol. The summed E-state index contributed by atoms with van der Waals surface area (Å²) in [4.78, 5) is 72.9. The minimum Gasteiger partial charge on any atom is -0.462 e. The second-order valence-electron chi connectivity index (χ2n) is 26.6. The molecule has 0 spiro atoms. The van der Waals surface area contributed by atoms with E-state index >= 15 is 0 Å². The van der Waals surface area contributed by atoms with Gasteiger partial charge in [-0.2, -0.15) is 0 Å². The first-order valence-corrected chi connectivity index (χ1v) is 42.5.